The van der Waals surface area contributed by atoms with Crippen molar-refractivity contribution in [1.29, 1.82) is 0 Å². The number of nitrogens with two attached hydrogens (primary N) is 2. The molecule has 1 aromatic carbocycles. The fourth-order valence-electron chi connectivity index (χ4n) is 4.92. The Kier molecular flexibility index (Phi) is 6.70. The van der Waals surface area contributed by atoms with Crippen LogP contribution in [0, 0.1) is 0 Å². The van der Waals surface area contributed by atoms with Crippen LogP contribution in [0.25, 0.3) is 11.1 Å². The molecule has 0 bridgehead atoms. The van der Waals surface area contributed by atoms with Gasteiger partial charge in [0.2, 0.25) is 11.9 Å². The Morgan fingerprint density at radius 2 is 1.86 bits per heavy atom. The monoisotopic (exact) mass is 502 g/mol. The Morgan fingerprint density at radius 3 is 2.49 bits per heavy atom. The van der Waals surface area contributed by atoms with Crippen LogP contribution in [0.2, 0.25) is 0 Å². The van der Waals surface area contributed by atoms with Gasteiger partial charge in [0.1, 0.15) is 12.4 Å². The van der Waals surface area contributed by atoms with Gasteiger partial charge in [-0.2, -0.15) is 10.1 Å². The predicted octanol–water partition coefficient (Wildman–Crippen LogP) is 1.79. The number of hydrogen-bond donors (Lipinski definition) is 2. The summed E-state index contributed by atoms with van der Waals surface area (Å²) in [6.45, 7) is 1.28. The number of benzene rings is 1. The van der Waals surface area contributed by atoms with E-state index in [0.29, 0.717) is 24.5 Å². The van der Waals surface area contributed by atoms with Crippen molar-refractivity contribution in [3.8, 4) is 11.1 Å². The molecular weight excluding hydrogens is 472 g/mol. The first kappa shape index (κ1) is 24.6. The van der Waals surface area contributed by atoms with Gasteiger partial charge < -0.3 is 21.1 Å². The van der Waals surface area contributed by atoms with E-state index in [1.54, 1.807) is 24.4 Å². The van der Waals surface area contributed by atoms with Gasteiger partial charge in [0.05, 0.1) is 23.3 Å². The molecule has 0 spiro atoms. The van der Waals surface area contributed by atoms with E-state index in [4.69, 9.17) is 16.2 Å². The fraction of sp³-hybridized carbons (Fsp3) is 0.385. The van der Waals surface area contributed by atoms with E-state index in [0.717, 1.165) is 42.4 Å². The molecule has 3 heterocycles. The lowest BCUT2D eigenvalue weighted by molar-refractivity contribution is -0.131. The van der Waals surface area contributed by atoms with Gasteiger partial charge >= 0.3 is 0 Å². The molecule has 4 N–H and O–H groups in total. The van der Waals surface area contributed by atoms with Crippen molar-refractivity contribution in [2.45, 2.75) is 43.7 Å². The molecule has 2 fully saturated rings. The Hall–Kier alpha value is -4.12. The third-order valence-corrected chi connectivity index (χ3v) is 7.37. The van der Waals surface area contributed by atoms with Crippen LogP contribution in [0.1, 0.15) is 41.6 Å². The first-order chi connectivity index (χ1) is 17.9. The van der Waals surface area contributed by atoms with E-state index >= 15 is 0 Å². The lowest BCUT2D eigenvalue weighted by atomic mass is 9.63. The topological polar surface area (TPSA) is 155 Å². The molecule has 11 heteroatoms. The number of aromatic nitrogens is 4. The molecule has 2 aromatic heterocycles. The summed E-state index contributed by atoms with van der Waals surface area (Å²) < 4.78 is 6.78. The van der Waals surface area contributed by atoms with Gasteiger partial charge in [0.15, 0.2) is 0 Å². The predicted molar refractivity (Wildman–Crippen MR) is 138 cm³/mol. The summed E-state index contributed by atoms with van der Waals surface area (Å²) in [5.74, 6) is -0.0176. The molecule has 1 unspecified atom stereocenters. The maximum atomic E-state index is 12.9. The second kappa shape index (κ2) is 10.1. The van der Waals surface area contributed by atoms with Gasteiger partial charge in [-0.25, -0.2) is 9.97 Å². The molecule has 37 heavy (non-hydrogen) atoms. The molecule has 11 nitrogen and oxygen atoms in total. The van der Waals surface area contributed by atoms with Crippen molar-refractivity contribution in [2.24, 2.45) is 10.7 Å². The summed E-state index contributed by atoms with van der Waals surface area (Å²) in [6, 6.07) is 7.98. The van der Waals surface area contributed by atoms with E-state index in [-0.39, 0.29) is 24.5 Å². The number of likely N-dealkylation sites (tertiary alicyclic amines) is 1. The number of amidine groups is 1. The third kappa shape index (κ3) is 4.94. The zero-order valence-corrected chi connectivity index (χ0v) is 20.7. The summed E-state index contributed by atoms with van der Waals surface area (Å²) in [5, 5.41) is 4.18. The first-order valence-corrected chi connectivity index (χ1v) is 12.3. The zero-order valence-electron chi connectivity index (χ0n) is 20.7. The lowest BCUT2D eigenvalue weighted by Crippen LogP contribution is -2.47. The number of rotatable bonds is 7. The van der Waals surface area contributed by atoms with Crippen LogP contribution >= 0.6 is 0 Å². The molecule has 2 amide bonds. The van der Waals surface area contributed by atoms with Crippen molar-refractivity contribution in [1.82, 2.24) is 24.6 Å². The zero-order chi connectivity index (χ0) is 26.0. The van der Waals surface area contributed by atoms with Crippen LogP contribution < -0.4 is 11.5 Å². The van der Waals surface area contributed by atoms with Gasteiger partial charge in [-0.05, 0) is 30.4 Å². The van der Waals surface area contributed by atoms with E-state index in [9.17, 15) is 9.59 Å². The third-order valence-electron chi connectivity index (χ3n) is 7.37. The highest BCUT2D eigenvalue weighted by Gasteiger charge is 2.43. The molecule has 1 saturated heterocycles. The maximum Gasteiger partial charge on any atom is 0.281 e. The number of aliphatic imine (C=N–C) groups is 1. The fourth-order valence-corrected chi connectivity index (χ4v) is 4.92. The van der Waals surface area contributed by atoms with Crippen LogP contribution in [0.4, 0.5) is 5.95 Å². The van der Waals surface area contributed by atoms with Crippen molar-refractivity contribution in [3.63, 3.8) is 0 Å². The lowest BCUT2D eigenvalue weighted by Gasteiger charge is -2.41. The number of nitrogens with zero attached hydrogens (tertiary/aromatic N) is 6. The van der Waals surface area contributed by atoms with Crippen LogP contribution in [0.5, 0.6) is 0 Å². The van der Waals surface area contributed by atoms with E-state index in [2.05, 4.69) is 20.1 Å². The second-order valence-electron chi connectivity index (χ2n) is 9.56. The number of carbonyl (C=O) groups excluding carboxylic acids is 2. The standard InChI is InChI=1S/C26H30N8O3/c1-37-21-7-10-33(15-21)22(35)16-34-14-19(13-31-34)23(36)32-24(27)26(8-2-9-26)20-5-3-17(4-6-20)18-11-29-25(28)30-12-18/h3-6,11-14,21H,2,7-10,15-16H2,1H3,(H2,27,32,36)(H2,28,29,30). The number of amides is 2. The number of anilines is 1. The molecule has 0 radical (unpaired) electrons. The van der Waals surface area contributed by atoms with Gasteiger partial charge in [-0.3, -0.25) is 14.3 Å². The van der Waals surface area contributed by atoms with Crippen molar-refractivity contribution in [2.75, 3.05) is 25.9 Å². The van der Waals surface area contributed by atoms with Gasteiger partial charge in [0, 0.05) is 44.4 Å². The average molecular weight is 503 g/mol. The first-order valence-electron chi connectivity index (χ1n) is 12.3. The molecule has 3 aromatic rings. The average Bonchev–Trinajstić information content (AvgIpc) is 3.54. The molecule has 1 atom stereocenters. The molecule has 1 aliphatic carbocycles. The number of carbonyl (C=O) groups is 2. The molecule has 5 rings (SSSR count). The van der Waals surface area contributed by atoms with Crippen molar-refractivity contribution < 1.29 is 14.3 Å². The van der Waals surface area contributed by atoms with Crippen LogP contribution in [0.3, 0.4) is 0 Å². The molecule has 192 valence electrons. The Morgan fingerprint density at radius 1 is 1.14 bits per heavy atom. The molecular formula is C26H30N8O3. The number of ether oxygens (including phenoxy) is 1. The Balaban J connectivity index is 1.27. The quantitative estimate of drug-likeness (QED) is 0.366. The smallest absolute Gasteiger partial charge is 0.281 e. The summed E-state index contributed by atoms with van der Waals surface area (Å²) in [7, 11) is 1.65. The van der Waals surface area contributed by atoms with Crippen molar-refractivity contribution in [3.05, 3.63) is 60.2 Å². The molecule has 2 aliphatic rings. The SMILES string of the molecule is COC1CCN(C(=O)Cn2cc(C(=O)N=C(N)C3(c4ccc(-c5cnc(N)nc5)cc4)CCC3)cn2)C1. The van der Waals surface area contributed by atoms with Crippen LogP contribution in [-0.4, -0.2) is 68.6 Å². The van der Waals surface area contributed by atoms with E-state index in [1.807, 2.05) is 24.3 Å². The van der Waals surface area contributed by atoms with Gasteiger partial charge in [0.25, 0.3) is 5.91 Å². The molecule has 1 saturated carbocycles. The molecule has 1 aliphatic heterocycles. The van der Waals surface area contributed by atoms with Crippen LogP contribution in [0.15, 0.2) is 54.0 Å². The minimum atomic E-state index is -0.481. The van der Waals surface area contributed by atoms with Crippen molar-refractivity contribution >= 4 is 23.6 Å². The van der Waals surface area contributed by atoms with Gasteiger partial charge in [-0.1, -0.05) is 30.7 Å². The van der Waals surface area contributed by atoms with E-state index < -0.39 is 11.3 Å². The summed E-state index contributed by atoms with van der Waals surface area (Å²) in [4.78, 5) is 39.6. The van der Waals surface area contributed by atoms with Crippen LogP contribution in [-0.2, 0) is 21.5 Å². The number of hydrogen-bond acceptors (Lipinski definition) is 7. The summed E-state index contributed by atoms with van der Waals surface area (Å²) in [6.07, 6.45) is 9.83. The minimum Gasteiger partial charge on any atom is -0.386 e. The van der Waals surface area contributed by atoms with Gasteiger partial charge in [-0.15, -0.1) is 0 Å². The Labute approximate surface area is 214 Å². The van der Waals surface area contributed by atoms with E-state index in [1.165, 1.54) is 17.1 Å². The highest BCUT2D eigenvalue weighted by molar-refractivity contribution is 6.06. The largest absolute Gasteiger partial charge is 0.386 e. The summed E-state index contributed by atoms with van der Waals surface area (Å²) >= 11 is 0. The summed E-state index contributed by atoms with van der Waals surface area (Å²) in [5.41, 5.74) is 14.7. The Bertz CT molecular complexity index is 1310. The number of nitrogen functional groups attached to an aromatic ring is 1. The highest BCUT2D eigenvalue weighted by Crippen LogP contribution is 2.44. The number of methoxy groups -OCH3 is 1. The second-order valence-corrected chi connectivity index (χ2v) is 9.56. The minimum absolute atomic E-state index is 0.0538. The highest BCUT2D eigenvalue weighted by atomic mass is 16.5. The normalized spacial score (nSPS) is 19.0. The maximum absolute atomic E-state index is 12.9.